The Labute approximate surface area is 61.0 Å². The van der Waals surface area contributed by atoms with Gasteiger partial charge in [0, 0.05) is 5.41 Å². The molecule has 0 saturated carbocycles. The molecule has 1 amide bonds. The lowest BCUT2D eigenvalue weighted by Gasteiger charge is -2.17. The molecule has 3 N–H and O–H groups in total. The fraction of sp³-hybridized carbons (Fsp3) is 0.857. The summed E-state index contributed by atoms with van der Waals surface area (Å²) in [5.41, 5.74) is 4.92. The molecule has 1 unspecified atom stereocenters. The summed E-state index contributed by atoms with van der Waals surface area (Å²) in [6.45, 7) is 5.64. The van der Waals surface area contributed by atoms with Crippen molar-refractivity contribution in [1.82, 2.24) is 5.32 Å². The quantitative estimate of drug-likeness (QED) is 0.508. The van der Waals surface area contributed by atoms with Crippen LogP contribution in [0.3, 0.4) is 0 Å². The van der Waals surface area contributed by atoms with Crippen LogP contribution in [0.2, 0.25) is 0 Å². The fourth-order valence-corrected chi connectivity index (χ4v) is 1.47. The van der Waals surface area contributed by atoms with Gasteiger partial charge in [-0.25, -0.2) is 0 Å². The topological polar surface area (TPSA) is 55.1 Å². The molecular formula is C7H14N2O. The van der Waals surface area contributed by atoms with Crippen LogP contribution >= 0.6 is 0 Å². The highest BCUT2D eigenvalue weighted by atomic mass is 16.2. The van der Waals surface area contributed by atoms with Gasteiger partial charge in [0.2, 0.25) is 5.91 Å². The Bertz CT molecular complexity index is 172. The van der Waals surface area contributed by atoms with Crippen LogP contribution in [0, 0.1) is 5.41 Å². The summed E-state index contributed by atoms with van der Waals surface area (Å²) in [6.07, 6.45) is 0.707. The molecule has 0 bridgehead atoms. The summed E-state index contributed by atoms with van der Waals surface area (Å²) >= 11 is 0. The first-order chi connectivity index (χ1) is 4.33. The first kappa shape index (κ1) is 7.54. The second kappa shape index (κ2) is 1.72. The summed E-state index contributed by atoms with van der Waals surface area (Å²) in [6, 6.07) is 0. The first-order valence-corrected chi connectivity index (χ1v) is 3.45. The normalized spacial score (nSPS) is 37.8. The van der Waals surface area contributed by atoms with Crippen molar-refractivity contribution in [3.63, 3.8) is 0 Å². The van der Waals surface area contributed by atoms with Crippen LogP contribution < -0.4 is 11.1 Å². The largest absolute Gasteiger partial charge is 0.338 e. The van der Waals surface area contributed by atoms with Gasteiger partial charge < -0.3 is 11.1 Å². The molecule has 1 saturated heterocycles. The fourth-order valence-electron chi connectivity index (χ4n) is 1.47. The van der Waals surface area contributed by atoms with Crippen LogP contribution in [0.1, 0.15) is 27.2 Å². The van der Waals surface area contributed by atoms with E-state index < -0.39 is 5.66 Å². The van der Waals surface area contributed by atoms with Crippen molar-refractivity contribution >= 4 is 5.91 Å². The van der Waals surface area contributed by atoms with Gasteiger partial charge in [0.25, 0.3) is 0 Å². The van der Waals surface area contributed by atoms with E-state index in [1.807, 2.05) is 20.8 Å². The molecule has 3 nitrogen and oxygen atoms in total. The van der Waals surface area contributed by atoms with Crippen LogP contribution in [0.4, 0.5) is 0 Å². The minimum Gasteiger partial charge on any atom is -0.338 e. The summed E-state index contributed by atoms with van der Waals surface area (Å²) in [7, 11) is 0. The highest BCUT2D eigenvalue weighted by Gasteiger charge is 2.43. The molecule has 0 aliphatic carbocycles. The zero-order chi connectivity index (χ0) is 7.99. The molecular weight excluding hydrogens is 128 g/mol. The number of hydrogen-bond donors (Lipinski definition) is 2. The van der Waals surface area contributed by atoms with Crippen molar-refractivity contribution < 1.29 is 4.79 Å². The SMILES string of the molecule is CC1(N)CC(C)(C)C(=O)N1. The number of rotatable bonds is 0. The summed E-state index contributed by atoms with van der Waals surface area (Å²) in [5.74, 6) is 0.0532. The summed E-state index contributed by atoms with van der Waals surface area (Å²) in [4.78, 5) is 11.1. The Morgan fingerprint density at radius 2 is 2.00 bits per heavy atom. The van der Waals surface area contributed by atoms with Crippen molar-refractivity contribution in [3.05, 3.63) is 0 Å². The smallest absolute Gasteiger partial charge is 0.227 e. The van der Waals surface area contributed by atoms with Gasteiger partial charge in [-0.1, -0.05) is 13.8 Å². The third-order valence-corrected chi connectivity index (χ3v) is 1.82. The van der Waals surface area contributed by atoms with Gasteiger partial charge in [0.1, 0.15) is 0 Å². The number of amides is 1. The van der Waals surface area contributed by atoms with Crippen molar-refractivity contribution in [2.45, 2.75) is 32.9 Å². The Balaban J connectivity index is 2.81. The predicted octanol–water partition coefficient (Wildman–Crippen LogP) is 0.207. The number of nitrogens with two attached hydrogens (primary N) is 1. The van der Waals surface area contributed by atoms with Crippen LogP contribution in [0.25, 0.3) is 0 Å². The van der Waals surface area contributed by atoms with E-state index in [0.29, 0.717) is 6.42 Å². The van der Waals surface area contributed by atoms with Gasteiger partial charge in [-0.15, -0.1) is 0 Å². The van der Waals surface area contributed by atoms with Crippen molar-refractivity contribution in [3.8, 4) is 0 Å². The van der Waals surface area contributed by atoms with Crippen molar-refractivity contribution in [2.24, 2.45) is 11.1 Å². The molecule has 0 aromatic heterocycles. The first-order valence-electron chi connectivity index (χ1n) is 3.45. The maximum Gasteiger partial charge on any atom is 0.227 e. The van der Waals surface area contributed by atoms with Crippen LogP contribution in [-0.4, -0.2) is 11.6 Å². The van der Waals surface area contributed by atoms with Gasteiger partial charge in [0.05, 0.1) is 5.66 Å². The zero-order valence-electron chi connectivity index (χ0n) is 6.69. The molecule has 1 aliphatic rings. The van der Waals surface area contributed by atoms with E-state index in [1.165, 1.54) is 0 Å². The second-order valence-electron chi connectivity index (χ2n) is 3.93. The Kier molecular flexibility index (Phi) is 1.30. The summed E-state index contributed by atoms with van der Waals surface area (Å²) in [5, 5.41) is 2.72. The molecule has 1 aliphatic heterocycles. The van der Waals surface area contributed by atoms with Gasteiger partial charge in [-0.2, -0.15) is 0 Å². The molecule has 1 fully saturated rings. The highest BCUT2D eigenvalue weighted by Crippen LogP contribution is 2.31. The van der Waals surface area contributed by atoms with Crippen molar-refractivity contribution in [2.75, 3.05) is 0 Å². The van der Waals surface area contributed by atoms with Gasteiger partial charge in [-0.05, 0) is 13.3 Å². The second-order valence-corrected chi connectivity index (χ2v) is 3.93. The number of nitrogens with one attached hydrogen (secondary N) is 1. The number of carbonyl (C=O) groups is 1. The van der Waals surface area contributed by atoms with Gasteiger partial charge in [0.15, 0.2) is 0 Å². The third-order valence-electron chi connectivity index (χ3n) is 1.82. The van der Waals surface area contributed by atoms with Crippen LogP contribution in [0.15, 0.2) is 0 Å². The monoisotopic (exact) mass is 142 g/mol. The predicted molar refractivity (Wildman–Crippen MR) is 39.1 cm³/mol. The van der Waals surface area contributed by atoms with E-state index in [9.17, 15) is 4.79 Å². The highest BCUT2D eigenvalue weighted by molar-refractivity contribution is 5.85. The minimum absolute atomic E-state index is 0.0532. The molecule has 58 valence electrons. The average molecular weight is 142 g/mol. The molecule has 1 atom stereocenters. The average Bonchev–Trinajstić information content (AvgIpc) is 1.73. The number of hydrogen-bond acceptors (Lipinski definition) is 2. The van der Waals surface area contributed by atoms with E-state index >= 15 is 0 Å². The Morgan fingerprint density at radius 3 is 2.10 bits per heavy atom. The van der Waals surface area contributed by atoms with E-state index in [-0.39, 0.29) is 11.3 Å². The van der Waals surface area contributed by atoms with E-state index in [4.69, 9.17) is 5.73 Å². The molecule has 1 heterocycles. The van der Waals surface area contributed by atoms with Gasteiger partial charge >= 0.3 is 0 Å². The lowest BCUT2D eigenvalue weighted by Crippen LogP contribution is -2.46. The molecule has 0 aromatic rings. The van der Waals surface area contributed by atoms with Crippen molar-refractivity contribution in [1.29, 1.82) is 0 Å². The van der Waals surface area contributed by atoms with E-state index in [0.717, 1.165) is 0 Å². The Hall–Kier alpha value is -0.570. The Morgan fingerprint density at radius 1 is 1.50 bits per heavy atom. The maximum atomic E-state index is 11.1. The molecule has 10 heavy (non-hydrogen) atoms. The van der Waals surface area contributed by atoms with Gasteiger partial charge in [-0.3, -0.25) is 4.79 Å². The lowest BCUT2D eigenvalue weighted by molar-refractivity contribution is -0.126. The van der Waals surface area contributed by atoms with E-state index in [2.05, 4.69) is 5.32 Å². The molecule has 0 aromatic carbocycles. The van der Waals surface area contributed by atoms with E-state index in [1.54, 1.807) is 0 Å². The maximum absolute atomic E-state index is 11.1. The standard InChI is InChI=1S/C7H14N2O/c1-6(2)4-7(3,8)9-5(6)10/h4,8H2,1-3H3,(H,9,10). The van der Waals surface area contributed by atoms with Crippen LogP contribution in [-0.2, 0) is 4.79 Å². The molecule has 3 heteroatoms. The number of carbonyl (C=O) groups excluding carboxylic acids is 1. The molecule has 0 spiro atoms. The van der Waals surface area contributed by atoms with Crippen LogP contribution in [0.5, 0.6) is 0 Å². The summed E-state index contributed by atoms with van der Waals surface area (Å²) < 4.78 is 0. The minimum atomic E-state index is -0.499. The zero-order valence-corrected chi connectivity index (χ0v) is 6.69. The third kappa shape index (κ3) is 1.14. The molecule has 1 rings (SSSR count). The lowest BCUT2D eigenvalue weighted by atomic mass is 9.88. The molecule has 0 radical (unpaired) electrons.